The van der Waals surface area contributed by atoms with E-state index >= 15 is 0 Å². The molecule has 0 bridgehead atoms. The van der Waals surface area contributed by atoms with E-state index in [1.54, 1.807) is 6.33 Å². The molecule has 172 valence electrons. The van der Waals surface area contributed by atoms with Gasteiger partial charge in [-0.1, -0.05) is 23.7 Å². The van der Waals surface area contributed by atoms with Crippen LogP contribution in [-0.4, -0.2) is 52.5 Å². The molecule has 0 aliphatic carbocycles. The second kappa shape index (κ2) is 9.57. The topological polar surface area (TPSA) is 75.4 Å². The van der Waals surface area contributed by atoms with Gasteiger partial charge in [-0.3, -0.25) is 4.79 Å². The van der Waals surface area contributed by atoms with Crippen molar-refractivity contribution in [2.75, 3.05) is 31.1 Å². The first kappa shape index (κ1) is 23.3. The van der Waals surface area contributed by atoms with Gasteiger partial charge in [-0.2, -0.15) is 0 Å². The van der Waals surface area contributed by atoms with Gasteiger partial charge in [0.15, 0.2) is 0 Å². The number of carbonyl (C=O) groups is 1. The first-order valence-corrected chi connectivity index (χ1v) is 12.7. The lowest BCUT2D eigenvalue weighted by atomic mass is 9.86. The summed E-state index contributed by atoms with van der Waals surface area (Å²) < 4.78 is 0. The van der Waals surface area contributed by atoms with Gasteiger partial charge < -0.3 is 15.5 Å². The maximum Gasteiger partial charge on any atom is 0.226 e. The highest BCUT2D eigenvalue weighted by molar-refractivity contribution is 7.99. The van der Waals surface area contributed by atoms with Gasteiger partial charge >= 0.3 is 0 Å². The lowest BCUT2D eigenvalue weighted by molar-refractivity contribution is -0.136. The summed E-state index contributed by atoms with van der Waals surface area (Å²) in [6, 6.07) is 7.76. The summed E-state index contributed by atoms with van der Waals surface area (Å²) in [5, 5.41) is 1.12. The smallest absolute Gasteiger partial charge is 0.226 e. The number of benzene rings is 1. The maximum absolute atomic E-state index is 13.5. The minimum Gasteiger partial charge on any atom is -0.353 e. The summed E-state index contributed by atoms with van der Waals surface area (Å²) in [7, 11) is 0. The third-order valence-corrected chi connectivity index (χ3v) is 7.66. The lowest BCUT2D eigenvalue weighted by Gasteiger charge is -2.38. The number of rotatable bonds is 6. The van der Waals surface area contributed by atoms with E-state index in [4.69, 9.17) is 17.3 Å². The van der Waals surface area contributed by atoms with Crippen molar-refractivity contribution in [3.63, 3.8) is 0 Å². The van der Waals surface area contributed by atoms with E-state index in [2.05, 4.69) is 21.8 Å². The molecule has 4 rings (SSSR count). The Balaban J connectivity index is 1.44. The fourth-order valence-corrected chi connectivity index (χ4v) is 5.85. The molecule has 1 aromatic carbocycles. The monoisotopic (exact) mass is 473 g/mol. The number of nitrogens with zero attached hydrogens (tertiary/aromatic N) is 4. The maximum atomic E-state index is 13.5. The molecule has 1 fully saturated rings. The van der Waals surface area contributed by atoms with Crippen molar-refractivity contribution in [2.45, 2.75) is 50.2 Å². The van der Waals surface area contributed by atoms with Crippen LogP contribution in [0.5, 0.6) is 0 Å². The number of nitrogens with two attached hydrogens (primary N) is 1. The van der Waals surface area contributed by atoms with E-state index in [9.17, 15) is 4.79 Å². The third-order valence-electron chi connectivity index (χ3n) is 6.23. The number of hydrogen-bond donors (Lipinski definition) is 1. The van der Waals surface area contributed by atoms with Crippen LogP contribution in [0, 0.1) is 5.92 Å². The van der Waals surface area contributed by atoms with Gasteiger partial charge in [-0.15, -0.1) is 11.8 Å². The van der Waals surface area contributed by atoms with Gasteiger partial charge in [-0.05, 0) is 51.3 Å². The van der Waals surface area contributed by atoms with Crippen LogP contribution in [0.25, 0.3) is 0 Å². The molecule has 1 amide bonds. The van der Waals surface area contributed by atoms with Crippen LogP contribution in [-0.2, 0) is 17.0 Å². The van der Waals surface area contributed by atoms with E-state index in [0.717, 1.165) is 35.9 Å². The molecular weight excluding hydrogens is 442 g/mol. The number of amides is 1. The minimum absolute atomic E-state index is 0.151. The van der Waals surface area contributed by atoms with Gasteiger partial charge in [0, 0.05) is 59.2 Å². The Bertz CT molecular complexity index is 954. The molecule has 6 nitrogen and oxygen atoms in total. The number of halogens is 1. The lowest BCUT2D eigenvalue weighted by Crippen LogP contribution is -2.52. The van der Waals surface area contributed by atoms with E-state index < -0.39 is 5.54 Å². The molecule has 2 atom stereocenters. The Morgan fingerprint density at radius 2 is 1.91 bits per heavy atom. The zero-order valence-electron chi connectivity index (χ0n) is 19.1. The number of fused-ring (bicyclic) bond motifs is 1. The van der Waals surface area contributed by atoms with Gasteiger partial charge in [0.05, 0.1) is 5.69 Å². The molecule has 3 heterocycles. The molecule has 0 saturated carbocycles. The van der Waals surface area contributed by atoms with E-state index in [0.29, 0.717) is 36.2 Å². The summed E-state index contributed by atoms with van der Waals surface area (Å²) in [4.78, 5) is 26.9. The standard InChI is InChI=1S/C24H32ClN5OS/c1-16-21-20(14-32-16)27-15-28-22(21)29-8-10-30(11-9-29)23(31)18(13-24(2,3)26)12-17-4-6-19(25)7-5-17/h4-7,15-16,18H,8-14,26H2,1-3H3/t16-,18-/m0/s1. The zero-order chi connectivity index (χ0) is 22.9. The first-order valence-electron chi connectivity index (χ1n) is 11.2. The Labute approximate surface area is 199 Å². The molecule has 8 heteroatoms. The molecule has 1 aromatic heterocycles. The molecular formula is C24H32ClN5OS. The van der Waals surface area contributed by atoms with Crippen molar-refractivity contribution < 1.29 is 4.79 Å². The number of hydrogen-bond acceptors (Lipinski definition) is 6. The number of piperazine rings is 1. The highest BCUT2D eigenvalue weighted by Crippen LogP contribution is 2.44. The molecule has 1 saturated heterocycles. The Morgan fingerprint density at radius 1 is 1.22 bits per heavy atom. The predicted molar refractivity (Wildman–Crippen MR) is 132 cm³/mol. The van der Waals surface area contributed by atoms with Crippen molar-refractivity contribution in [2.24, 2.45) is 11.7 Å². The summed E-state index contributed by atoms with van der Waals surface area (Å²) in [5.74, 6) is 2.03. The van der Waals surface area contributed by atoms with Gasteiger partial charge in [-0.25, -0.2) is 9.97 Å². The Kier molecular flexibility index (Phi) is 6.98. The zero-order valence-corrected chi connectivity index (χ0v) is 20.6. The normalized spacial score (nSPS) is 19.7. The molecule has 0 radical (unpaired) electrons. The van der Waals surface area contributed by atoms with Crippen LogP contribution in [0.1, 0.15) is 49.3 Å². The largest absolute Gasteiger partial charge is 0.353 e. The number of anilines is 1. The van der Waals surface area contributed by atoms with Crippen LogP contribution < -0.4 is 10.6 Å². The second-order valence-corrected chi connectivity index (χ2v) is 11.3. The molecule has 32 heavy (non-hydrogen) atoms. The first-order chi connectivity index (χ1) is 15.2. The number of aromatic nitrogens is 2. The van der Waals surface area contributed by atoms with Crippen LogP contribution in [0.4, 0.5) is 5.82 Å². The summed E-state index contributed by atoms with van der Waals surface area (Å²) in [6.45, 7) is 9.16. The van der Waals surface area contributed by atoms with E-state index in [1.165, 1.54) is 5.56 Å². The number of carbonyl (C=O) groups excluding carboxylic acids is 1. The van der Waals surface area contributed by atoms with E-state index in [1.807, 2.05) is 54.8 Å². The van der Waals surface area contributed by atoms with Gasteiger partial charge in [0.2, 0.25) is 5.91 Å². The molecule has 2 aliphatic heterocycles. The summed E-state index contributed by atoms with van der Waals surface area (Å²) in [6.07, 6.45) is 2.99. The Morgan fingerprint density at radius 3 is 2.56 bits per heavy atom. The fraction of sp³-hybridized carbons (Fsp3) is 0.542. The molecule has 2 N–H and O–H groups in total. The second-order valence-electron chi connectivity index (χ2n) is 9.54. The van der Waals surface area contributed by atoms with Crippen molar-refractivity contribution in [1.29, 1.82) is 0 Å². The summed E-state index contributed by atoms with van der Waals surface area (Å²) in [5.41, 5.74) is 9.44. The van der Waals surface area contributed by atoms with Crippen molar-refractivity contribution in [3.8, 4) is 0 Å². The fourth-order valence-electron chi connectivity index (χ4n) is 4.68. The average molecular weight is 474 g/mol. The third kappa shape index (κ3) is 5.38. The van der Waals surface area contributed by atoms with Gasteiger partial charge in [0.25, 0.3) is 0 Å². The minimum atomic E-state index is -0.413. The van der Waals surface area contributed by atoms with Gasteiger partial charge in [0.1, 0.15) is 12.1 Å². The van der Waals surface area contributed by atoms with Crippen molar-refractivity contribution >= 4 is 35.1 Å². The molecule has 0 unspecified atom stereocenters. The SMILES string of the molecule is C[C@@H]1SCc2ncnc(N3CCN(C(=O)[C@@H](Cc4ccc(Cl)cc4)CC(C)(C)N)CC3)c21. The summed E-state index contributed by atoms with van der Waals surface area (Å²) >= 11 is 7.94. The van der Waals surface area contributed by atoms with Crippen LogP contribution in [0.15, 0.2) is 30.6 Å². The van der Waals surface area contributed by atoms with Crippen LogP contribution in [0.2, 0.25) is 5.02 Å². The van der Waals surface area contributed by atoms with E-state index in [-0.39, 0.29) is 11.8 Å². The van der Waals surface area contributed by atoms with Crippen LogP contribution in [0.3, 0.4) is 0 Å². The Hall–Kier alpha value is -1.83. The number of thioether (sulfide) groups is 1. The highest BCUT2D eigenvalue weighted by Gasteiger charge is 2.33. The molecule has 2 aromatic rings. The van der Waals surface area contributed by atoms with Crippen molar-refractivity contribution in [1.82, 2.24) is 14.9 Å². The predicted octanol–water partition coefficient (Wildman–Crippen LogP) is 4.07. The average Bonchev–Trinajstić information content (AvgIpc) is 3.15. The quantitative estimate of drug-likeness (QED) is 0.681. The van der Waals surface area contributed by atoms with Crippen molar-refractivity contribution in [3.05, 3.63) is 52.4 Å². The molecule has 2 aliphatic rings. The highest BCUT2D eigenvalue weighted by atomic mass is 35.5. The molecule has 0 spiro atoms. The van der Waals surface area contributed by atoms with Crippen LogP contribution >= 0.6 is 23.4 Å².